The Balaban J connectivity index is 2.15. The molecule has 0 saturated heterocycles. The Labute approximate surface area is 88.9 Å². The van der Waals surface area contributed by atoms with E-state index in [4.69, 9.17) is 0 Å². The number of aromatic nitrogens is 2. The van der Waals surface area contributed by atoms with E-state index in [1.807, 2.05) is 7.05 Å². The molecule has 0 bridgehead atoms. The number of rotatable bonds is 3. The summed E-state index contributed by atoms with van der Waals surface area (Å²) in [7, 11) is 1.94. The highest BCUT2D eigenvalue weighted by molar-refractivity contribution is 7.11. The second-order valence-corrected chi connectivity index (χ2v) is 5.36. The Morgan fingerprint density at radius 2 is 2.07 bits per heavy atom. The van der Waals surface area contributed by atoms with Crippen molar-refractivity contribution in [3.63, 3.8) is 0 Å². The van der Waals surface area contributed by atoms with Crippen LogP contribution >= 0.6 is 11.3 Å². The molecule has 1 heterocycles. The van der Waals surface area contributed by atoms with Gasteiger partial charge in [0.05, 0.1) is 0 Å². The summed E-state index contributed by atoms with van der Waals surface area (Å²) in [6.45, 7) is 3.16. The van der Waals surface area contributed by atoms with Crippen LogP contribution in [0.5, 0.6) is 0 Å². The summed E-state index contributed by atoms with van der Waals surface area (Å²) in [5, 5.41) is 14.0. The van der Waals surface area contributed by atoms with Crippen LogP contribution in [-0.4, -0.2) is 17.2 Å². The highest BCUT2D eigenvalue weighted by Gasteiger charge is 2.33. The summed E-state index contributed by atoms with van der Waals surface area (Å²) < 4.78 is 0. The lowest BCUT2D eigenvalue weighted by molar-refractivity contribution is 0.484. The first kappa shape index (κ1) is 10.1. The van der Waals surface area contributed by atoms with Gasteiger partial charge in [-0.3, -0.25) is 0 Å². The summed E-state index contributed by atoms with van der Waals surface area (Å²) >= 11 is 1.77. The van der Waals surface area contributed by atoms with Crippen molar-refractivity contribution in [3.8, 4) is 0 Å². The first-order valence-corrected chi connectivity index (χ1v) is 6.04. The molecule has 1 fully saturated rings. The number of hydrogen-bond acceptors (Lipinski definition) is 4. The maximum atomic E-state index is 4.32. The zero-order chi connectivity index (χ0) is 10.0. The molecular formula is C10H17N3S. The van der Waals surface area contributed by atoms with Crippen LogP contribution in [0.25, 0.3) is 0 Å². The van der Waals surface area contributed by atoms with Gasteiger partial charge in [-0.15, -0.1) is 10.2 Å². The third-order valence-corrected chi connectivity index (χ3v) is 4.25. The van der Waals surface area contributed by atoms with Gasteiger partial charge in [0.25, 0.3) is 0 Å². The Bertz CT molecular complexity index is 302. The molecule has 1 aromatic rings. The summed E-state index contributed by atoms with van der Waals surface area (Å²) in [4.78, 5) is 0. The van der Waals surface area contributed by atoms with E-state index < -0.39 is 0 Å². The van der Waals surface area contributed by atoms with E-state index in [1.54, 1.807) is 11.3 Å². The topological polar surface area (TPSA) is 37.8 Å². The first-order chi connectivity index (χ1) is 6.74. The van der Waals surface area contributed by atoms with E-state index in [9.17, 15) is 0 Å². The Morgan fingerprint density at radius 1 is 1.36 bits per heavy atom. The highest BCUT2D eigenvalue weighted by Crippen LogP contribution is 2.41. The van der Waals surface area contributed by atoms with Gasteiger partial charge in [-0.1, -0.05) is 31.1 Å². The molecule has 78 valence electrons. The SMILES string of the molecule is CNCc1nnc(C2(C)CCCC2)s1. The predicted molar refractivity (Wildman–Crippen MR) is 58.5 cm³/mol. The van der Waals surface area contributed by atoms with E-state index in [-0.39, 0.29) is 0 Å². The molecule has 4 heteroatoms. The van der Waals surface area contributed by atoms with Gasteiger partial charge >= 0.3 is 0 Å². The van der Waals surface area contributed by atoms with Gasteiger partial charge in [0, 0.05) is 12.0 Å². The standard InChI is InChI=1S/C10H17N3S/c1-10(5-3-4-6-10)9-13-12-8(14-9)7-11-2/h11H,3-7H2,1-2H3. The minimum Gasteiger partial charge on any atom is -0.313 e. The number of nitrogens with one attached hydrogen (secondary N) is 1. The van der Waals surface area contributed by atoms with Crippen molar-refractivity contribution in [1.82, 2.24) is 15.5 Å². The average Bonchev–Trinajstić information content (AvgIpc) is 2.75. The zero-order valence-electron chi connectivity index (χ0n) is 8.84. The molecule has 2 rings (SSSR count). The molecular weight excluding hydrogens is 194 g/mol. The largest absolute Gasteiger partial charge is 0.313 e. The Morgan fingerprint density at radius 3 is 2.71 bits per heavy atom. The Kier molecular flexibility index (Phi) is 2.83. The van der Waals surface area contributed by atoms with Crippen LogP contribution in [0.3, 0.4) is 0 Å². The number of hydrogen-bond donors (Lipinski definition) is 1. The molecule has 0 aromatic carbocycles. The maximum absolute atomic E-state index is 4.32. The van der Waals surface area contributed by atoms with Crippen molar-refractivity contribution >= 4 is 11.3 Å². The van der Waals surface area contributed by atoms with Crippen LogP contribution < -0.4 is 5.32 Å². The fraction of sp³-hybridized carbons (Fsp3) is 0.800. The quantitative estimate of drug-likeness (QED) is 0.832. The van der Waals surface area contributed by atoms with Crippen LogP contribution in [0.4, 0.5) is 0 Å². The molecule has 14 heavy (non-hydrogen) atoms. The second kappa shape index (κ2) is 3.95. The van der Waals surface area contributed by atoms with E-state index >= 15 is 0 Å². The molecule has 1 N–H and O–H groups in total. The van der Waals surface area contributed by atoms with E-state index in [2.05, 4.69) is 22.4 Å². The molecule has 1 aliphatic carbocycles. The van der Waals surface area contributed by atoms with Crippen LogP contribution in [0.15, 0.2) is 0 Å². The van der Waals surface area contributed by atoms with Crippen molar-refractivity contribution in [1.29, 1.82) is 0 Å². The van der Waals surface area contributed by atoms with Crippen LogP contribution in [0.2, 0.25) is 0 Å². The zero-order valence-corrected chi connectivity index (χ0v) is 9.65. The molecule has 0 atom stereocenters. The summed E-state index contributed by atoms with van der Waals surface area (Å²) in [6, 6.07) is 0. The fourth-order valence-electron chi connectivity index (χ4n) is 2.09. The van der Waals surface area contributed by atoms with Gasteiger partial charge in [0.1, 0.15) is 10.0 Å². The molecule has 1 aliphatic rings. The van der Waals surface area contributed by atoms with E-state index in [1.165, 1.54) is 30.7 Å². The molecule has 0 unspecified atom stereocenters. The van der Waals surface area contributed by atoms with Gasteiger partial charge in [-0.2, -0.15) is 0 Å². The minimum absolute atomic E-state index is 0.323. The van der Waals surface area contributed by atoms with Crippen LogP contribution in [0.1, 0.15) is 42.6 Å². The lowest BCUT2D eigenvalue weighted by Crippen LogP contribution is -2.16. The lowest BCUT2D eigenvalue weighted by atomic mass is 9.90. The summed E-state index contributed by atoms with van der Waals surface area (Å²) in [5.74, 6) is 0. The molecule has 0 aliphatic heterocycles. The van der Waals surface area contributed by atoms with Crippen LogP contribution in [-0.2, 0) is 12.0 Å². The smallest absolute Gasteiger partial charge is 0.131 e. The maximum Gasteiger partial charge on any atom is 0.131 e. The van der Waals surface area contributed by atoms with Crippen molar-refractivity contribution in [2.24, 2.45) is 0 Å². The molecule has 1 saturated carbocycles. The second-order valence-electron chi connectivity index (χ2n) is 4.30. The molecule has 3 nitrogen and oxygen atoms in total. The fourth-order valence-corrected chi connectivity index (χ4v) is 3.14. The normalized spacial score (nSPS) is 20.1. The minimum atomic E-state index is 0.323. The molecule has 0 amide bonds. The Hall–Kier alpha value is -0.480. The average molecular weight is 211 g/mol. The van der Waals surface area contributed by atoms with Crippen LogP contribution in [0, 0.1) is 0 Å². The molecule has 0 radical (unpaired) electrons. The van der Waals surface area contributed by atoms with Crippen molar-refractivity contribution in [2.75, 3.05) is 7.05 Å². The molecule has 1 aromatic heterocycles. The summed E-state index contributed by atoms with van der Waals surface area (Å²) in [5.41, 5.74) is 0.323. The van der Waals surface area contributed by atoms with Crippen molar-refractivity contribution in [3.05, 3.63) is 10.0 Å². The molecule has 0 spiro atoms. The van der Waals surface area contributed by atoms with Gasteiger partial charge in [-0.05, 0) is 19.9 Å². The lowest BCUT2D eigenvalue weighted by Gasteiger charge is -2.18. The van der Waals surface area contributed by atoms with Crippen molar-refractivity contribution in [2.45, 2.75) is 44.6 Å². The van der Waals surface area contributed by atoms with Gasteiger partial charge in [0.15, 0.2) is 0 Å². The predicted octanol–water partition coefficient (Wildman–Crippen LogP) is 2.09. The van der Waals surface area contributed by atoms with E-state index in [0.29, 0.717) is 5.41 Å². The van der Waals surface area contributed by atoms with Gasteiger partial charge < -0.3 is 5.32 Å². The third kappa shape index (κ3) is 1.81. The highest BCUT2D eigenvalue weighted by atomic mass is 32.1. The van der Waals surface area contributed by atoms with Gasteiger partial charge in [0.2, 0.25) is 0 Å². The van der Waals surface area contributed by atoms with Gasteiger partial charge in [-0.25, -0.2) is 0 Å². The van der Waals surface area contributed by atoms with Crippen molar-refractivity contribution < 1.29 is 0 Å². The summed E-state index contributed by atoms with van der Waals surface area (Å²) in [6.07, 6.45) is 5.25. The number of nitrogens with zero attached hydrogens (tertiary/aromatic N) is 2. The van der Waals surface area contributed by atoms with E-state index in [0.717, 1.165) is 11.6 Å². The third-order valence-electron chi connectivity index (χ3n) is 3.02. The first-order valence-electron chi connectivity index (χ1n) is 5.22. The monoisotopic (exact) mass is 211 g/mol.